The number of nitrogens with one attached hydrogen (secondary N) is 1. The van der Waals surface area contributed by atoms with Gasteiger partial charge in [0.2, 0.25) is 0 Å². The Labute approximate surface area is 168 Å². The Kier molecular flexibility index (Phi) is 6.16. The van der Waals surface area contributed by atoms with Crippen molar-refractivity contribution in [1.29, 1.82) is 0 Å². The number of carbonyl (C=O) groups excluding carboxylic acids is 2. The fourth-order valence-corrected chi connectivity index (χ4v) is 3.10. The molecule has 1 N–H and O–H groups in total. The molecule has 3 aromatic rings. The summed E-state index contributed by atoms with van der Waals surface area (Å²) in [5.41, 5.74) is 1.27. The maximum absolute atomic E-state index is 12.5. The summed E-state index contributed by atoms with van der Waals surface area (Å²) < 4.78 is 10.5. The van der Waals surface area contributed by atoms with Gasteiger partial charge in [0.05, 0.1) is 13.5 Å². The largest absolute Gasteiger partial charge is 0.496 e. The summed E-state index contributed by atoms with van der Waals surface area (Å²) in [6, 6.07) is 18.4. The van der Waals surface area contributed by atoms with Gasteiger partial charge in [-0.05, 0) is 36.6 Å². The molecule has 0 aliphatic carbocycles. The Hall–Kier alpha value is -3.05. The van der Waals surface area contributed by atoms with E-state index < -0.39 is 18.0 Å². The number of benzene rings is 3. The van der Waals surface area contributed by atoms with Crippen molar-refractivity contribution >= 4 is 39.9 Å². The zero-order valence-corrected chi connectivity index (χ0v) is 16.3. The van der Waals surface area contributed by atoms with E-state index in [0.717, 1.165) is 10.8 Å². The Bertz CT molecular complexity index is 1010. The van der Waals surface area contributed by atoms with Crippen molar-refractivity contribution in [2.75, 3.05) is 12.4 Å². The normalized spacial score (nSPS) is 11.7. The molecule has 0 saturated heterocycles. The van der Waals surface area contributed by atoms with Crippen molar-refractivity contribution < 1.29 is 19.1 Å². The monoisotopic (exact) mass is 397 g/mol. The van der Waals surface area contributed by atoms with Crippen LogP contribution in [-0.2, 0) is 20.7 Å². The molecule has 6 heteroatoms. The lowest BCUT2D eigenvalue weighted by Gasteiger charge is -2.15. The second-order valence-electron chi connectivity index (χ2n) is 6.28. The second-order valence-corrected chi connectivity index (χ2v) is 6.72. The summed E-state index contributed by atoms with van der Waals surface area (Å²) in [5, 5.41) is 5.24. The van der Waals surface area contributed by atoms with Crippen LogP contribution < -0.4 is 10.1 Å². The van der Waals surface area contributed by atoms with Crippen LogP contribution in [-0.4, -0.2) is 25.1 Å². The van der Waals surface area contributed by atoms with Crippen LogP contribution in [0.5, 0.6) is 5.75 Å². The molecule has 0 fully saturated rings. The molecule has 3 rings (SSSR count). The minimum atomic E-state index is -0.948. The molecule has 5 nitrogen and oxygen atoms in total. The molecule has 0 aromatic heterocycles. The summed E-state index contributed by atoms with van der Waals surface area (Å²) >= 11 is 5.98. The summed E-state index contributed by atoms with van der Waals surface area (Å²) in [4.78, 5) is 24.8. The van der Waals surface area contributed by atoms with Gasteiger partial charge in [-0.3, -0.25) is 9.59 Å². The molecule has 1 amide bonds. The highest BCUT2D eigenvalue weighted by atomic mass is 35.5. The first-order chi connectivity index (χ1) is 13.5. The minimum Gasteiger partial charge on any atom is -0.496 e. The number of rotatable bonds is 6. The van der Waals surface area contributed by atoms with Gasteiger partial charge in [0, 0.05) is 21.7 Å². The Morgan fingerprint density at radius 1 is 1.07 bits per heavy atom. The fraction of sp³-hybridized carbons (Fsp3) is 0.182. The highest BCUT2D eigenvalue weighted by Gasteiger charge is 2.20. The number of anilines is 1. The van der Waals surface area contributed by atoms with E-state index in [9.17, 15) is 9.59 Å². The molecule has 0 unspecified atom stereocenters. The Balaban J connectivity index is 1.65. The molecule has 1 atom stereocenters. The molecule has 0 saturated carbocycles. The highest BCUT2D eigenvalue weighted by molar-refractivity contribution is 6.30. The fourth-order valence-electron chi connectivity index (χ4n) is 2.90. The predicted octanol–water partition coefficient (Wildman–Crippen LogP) is 4.61. The number of carbonyl (C=O) groups is 2. The summed E-state index contributed by atoms with van der Waals surface area (Å²) in [7, 11) is 1.51. The Morgan fingerprint density at radius 2 is 1.82 bits per heavy atom. The lowest BCUT2D eigenvalue weighted by molar-refractivity contribution is -0.152. The maximum atomic E-state index is 12.5. The van der Waals surface area contributed by atoms with Crippen LogP contribution in [0.3, 0.4) is 0 Å². The van der Waals surface area contributed by atoms with Crippen LogP contribution >= 0.6 is 11.6 Å². The van der Waals surface area contributed by atoms with Gasteiger partial charge in [-0.2, -0.15) is 0 Å². The molecule has 0 heterocycles. The molecule has 0 aliphatic rings. The first kappa shape index (κ1) is 19.7. The average molecular weight is 398 g/mol. The number of fused-ring (bicyclic) bond motifs is 1. The van der Waals surface area contributed by atoms with Gasteiger partial charge in [-0.1, -0.05) is 48.0 Å². The van der Waals surface area contributed by atoms with Crippen molar-refractivity contribution in [3.05, 3.63) is 71.2 Å². The highest BCUT2D eigenvalue weighted by Crippen LogP contribution is 2.24. The van der Waals surface area contributed by atoms with Gasteiger partial charge >= 0.3 is 5.97 Å². The minimum absolute atomic E-state index is 0.0460. The van der Waals surface area contributed by atoms with Gasteiger partial charge in [0.25, 0.3) is 5.91 Å². The lowest BCUT2D eigenvalue weighted by atomic mass is 10.1. The van der Waals surface area contributed by atoms with Crippen molar-refractivity contribution in [3.63, 3.8) is 0 Å². The number of hydrogen-bond donors (Lipinski definition) is 1. The Morgan fingerprint density at radius 3 is 2.61 bits per heavy atom. The van der Waals surface area contributed by atoms with Crippen LogP contribution in [0.2, 0.25) is 5.02 Å². The third-order valence-corrected chi connectivity index (χ3v) is 4.54. The van der Waals surface area contributed by atoms with Gasteiger partial charge in [0.15, 0.2) is 6.10 Å². The van der Waals surface area contributed by atoms with Crippen LogP contribution in [0.15, 0.2) is 60.7 Å². The van der Waals surface area contributed by atoms with Crippen molar-refractivity contribution in [3.8, 4) is 5.75 Å². The van der Waals surface area contributed by atoms with Crippen LogP contribution in [0.1, 0.15) is 12.5 Å². The average Bonchev–Trinajstić information content (AvgIpc) is 2.68. The van der Waals surface area contributed by atoms with Gasteiger partial charge in [0.1, 0.15) is 5.75 Å². The first-order valence-electron chi connectivity index (χ1n) is 8.78. The number of amides is 1. The zero-order valence-electron chi connectivity index (χ0n) is 15.6. The zero-order chi connectivity index (χ0) is 20.1. The third kappa shape index (κ3) is 4.61. The van der Waals surface area contributed by atoms with Crippen molar-refractivity contribution in [2.45, 2.75) is 19.4 Å². The van der Waals surface area contributed by atoms with Gasteiger partial charge < -0.3 is 14.8 Å². The van der Waals surface area contributed by atoms with E-state index in [-0.39, 0.29) is 6.42 Å². The third-order valence-electron chi connectivity index (χ3n) is 4.30. The standard InChI is InChI=1S/C22H20ClNO4/c1-14(28-21(25)13-16-12-17(23)10-11-20(16)27-2)22(26)24-19-9-5-7-15-6-3-4-8-18(15)19/h3-12,14H,13H2,1-2H3,(H,24,26)/t14-/m0/s1. The molecular weight excluding hydrogens is 378 g/mol. The van der Waals surface area contributed by atoms with E-state index in [2.05, 4.69) is 5.32 Å². The molecular formula is C22H20ClNO4. The van der Waals surface area contributed by atoms with E-state index in [1.54, 1.807) is 18.2 Å². The van der Waals surface area contributed by atoms with Gasteiger partial charge in [-0.15, -0.1) is 0 Å². The molecule has 0 spiro atoms. The number of ether oxygens (including phenoxy) is 2. The van der Waals surface area contributed by atoms with Crippen LogP contribution in [0.25, 0.3) is 10.8 Å². The van der Waals surface area contributed by atoms with Crippen LogP contribution in [0.4, 0.5) is 5.69 Å². The molecule has 0 radical (unpaired) electrons. The first-order valence-corrected chi connectivity index (χ1v) is 9.16. The van der Waals surface area contributed by atoms with E-state index in [1.807, 2.05) is 42.5 Å². The number of methoxy groups -OCH3 is 1. The number of halogens is 1. The van der Waals surface area contributed by atoms with E-state index in [0.29, 0.717) is 22.0 Å². The molecule has 28 heavy (non-hydrogen) atoms. The molecule has 144 valence electrons. The summed E-state index contributed by atoms with van der Waals surface area (Å²) in [5.74, 6) is -0.405. The summed E-state index contributed by atoms with van der Waals surface area (Å²) in [6.45, 7) is 1.54. The number of esters is 1. The quantitative estimate of drug-likeness (QED) is 0.616. The van der Waals surface area contributed by atoms with Crippen molar-refractivity contribution in [1.82, 2.24) is 0 Å². The number of hydrogen-bond acceptors (Lipinski definition) is 4. The predicted molar refractivity (Wildman–Crippen MR) is 110 cm³/mol. The molecule has 0 aliphatic heterocycles. The molecule has 3 aromatic carbocycles. The molecule has 0 bridgehead atoms. The van der Waals surface area contributed by atoms with Crippen LogP contribution in [0, 0.1) is 0 Å². The van der Waals surface area contributed by atoms with E-state index in [4.69, 9.17) is 21.1 Å². The SMILES string of the molecule is COc1ccc(Cl)cc1CC(=O)O[C@@H](C)C(=O)Nc1cccc2ccccc12. The maximum Gasteiger partial charge on any atom is 0.311 e. The van der Waals surface area contributed by atoms with Gasteiger partial charge in [-0.25, -0.2) is 0 Å². The van der Waals surface area contributed by atoms with E-state index >= 15 is 0 Å². The smallest absolute Gasteiger partial charge is 0.311 e. The van der Waals surface area contributed by atoms with Crippen molar-refractivity contribution in [2.24, 2.45) is 0 Å². The second kappa shape index (κ2) is 8.76. The van der Waals surface area contributed by atoms with E-state index in [1.165, 1.54) is 14.0 Å². The topological polar surface area (TPSA) is 64.6 Å². The lowest BCUT2D eigenvalue weighted by Crippen LogP contribution is -2.30. The summed E-state index contributed by atoms with van der Waals surface area (Å²) in [6.07, 6.45) is -0.994.